The number of halogens is 1. The molecule has 0 atom stereocenters. The predicted octanol–water partition coefficient (Wildman–Crippen LogP) is 4.87. The van der Waals surface area contributed by atoms with Crippen LogP contribution in [0.3, 0.4) is 0 Å². The van der Waals surface area contributed by atoms with Crippen molar-refractivity contribution in [1.29, 1.82) is 0 Å². The van der Waals surface area contributed by atoms with E-state index in [2.05, 4.69) is 20.2 Å². The number of rotatable bonds is 7. The van der Waals surface area contributed by atoms with Crippen molar-refractivity contribution in [2.24, 2.45) is 0 Å². The minimum Gasteiger partial charge on any atom is -0.294 e. The van der Waals surface area contributed by atoms with Crippen molar-refractivity contribution in [1.82, 2.24) is 20.2 Å². The van der Waals surface area contributed by atoms with Crippen molar-refractivity contribution in [3.05, 3.63) is 89.3 Å². The van der Waals surface area contributed by atoms with Gasteiger partial charge in [-0.3, -0.25) is 9.89 Å². The second-order valence-corrected chi connectivity index (χ2v) is 10.4. The van der Waals surface area contributed by atoms with E-state index >= 15 is 0 Å². The van der Waals surface area contributed by atoms with Gasteiger partial charge in [-0.05, 0) is 42.3 Å². The van der Waals surface area contributed by atoms with E-state index in [-0.39, 0.29) is 22.1 Å². The Labute approximate surface area is 198 Å². The third kappa shape index (κ3) is 4.37. The van der Waals surface area contributed by atoms with Gasteiger partial charge in [0, 0.05) is 34.5 Å². The highest BCUT2D eigenvalue weighted by Crippen LogP contribution is 2.29. The second kappa shape index (κ2) is 8.88. The third-order valence-corrected chi connectivity index (χ3v) is 8.01. The fourth-order valence-electron chi connectivity index (χ4n) is 3.48. The molecule has 0 aliphatic carbocycles. The Balaban J connectivity index is 1.28. The number of aromatic nitrogens is 4. The van der Waals surface area contributed by atoms with E-state index in [0.29, 0.717) is 28.2 Å². The molecule has 0 fully saturated rings. The molecule has 34 heavy (non-hydrogen) atoms. The van der Waals surface area contributed by atoms with E-state index in [1.807, 2.05) is 0 Å². The minimum atomic E-state index is -3.82. The van der Waals surface area contributed by atoms with Gasteiger partial charge in [0.25, 0.3) is 0 Å². The normalized spacial score (nSPS) is 11.7. The predicted molar refractivity (Wildman–Crippen MR) is 126 cm³/mol. The maximum Gasteiger partial charge on any atom is 0.224 e. The van der Waals surface area contributed by atoms with E-state index in [4.69, 9.17) is 0 Å². The van der Waals surface area contributed by atoms with Crippen molar-refractivity contribution < 1.29 is 17.6 Å². The molecule has 5 aromatic rings. The van der Waals surface area contributed by atoms with Crippen molar-refractivity contribution in [2.45, 2.75) is 22.8 Å². The fourth-order valence-corrected chi connectivity index (χ4v) is 5.82. The molecular formula is C24H17FN4O3S2. The summed E-state index contributed by atoms with van der Waals surface area (Å²) in [6.07, 6.45) is 3.86. The number of fused-ring (bicyclic) bond motifs is 1. The number of nitrogens with one attached hydrogen (secondary N) is 1. The topological polar surface area (TPSA) is 106 Å². The minimum absolute atomic E-state index is 0.0559. The van der Waals surface area contributed by atoms with Crippen molar-refractivity contribution in [3.63, 3.8) is 0 Å². The molecular weight excluding hydrogens is 475 g/mol. The summed E-state index contributed by atoms with van der Waals surface area (Å²) in [5.74, 6) is -0.468. The van der Waals surface area contributed by atoms with Gasteiger partial charge in [-0.1, -0.05) is 24.3 Å². The Morgan fingerprint density at radius 3 is 2.68 bits per heavy atom. The number of benzene rings is 2. The van der Waals surface area contributed by atoms with Crippen LogP contribution in [0.15, 0.2) is 82.3 Å². The van der Waals surface area contributed by atoms with Gasteiger partial charge in [0.1, 0.15) is 10.8 Å². The summed E-state index contributed by atoms with van der Waals surface area (Å²) < 4.78 is 39.5. The first kappa shape index (κ1) is 22.1. The van der Waals surface area contributed by atoms with Crippen molar-refractivity contribution in [2.75, 3.05) is 0 Å². The molecule has 0 spiro atoms. The third-order valence-electron chi connectivity index (χ3n) is 5.32. The number of hydrogen-bond donors (Lipinski definition) is 1. The quantitative estimate of drug-likeness (QED) is 0.325. The number of ketones is 1. The molecule has 0 radical (unpaired) electrons. The lowest BCUT2D eigenvalue weighted by atomic mass is 10.0. The van der Waals surface area contributed by atoms with Crippen LogP contribution in [-0.2, 0) is 16.3 Å². The molecule has 2 aromatic carbocycles. The van der Waals surface area contributed by atoms with E-state index < -0.39 is 15.7 Å². The summed E-state index contributed by atoms with van der Waals surface area (Å²) in [4.78, 5) is 21.0. The zero-order valence-electron chi connectivity index (χ0n) is 17.6. The van der Waals surface area contributed by atoms with Crippen LogP contribution in [0, 0.1) is 5.82 Å². The maximum absolute atomic E-state index is 13.5. The van der Waals surface area contributed by atoms with E-state index in [1.165, 1.54) is 35.8 Å². The van der Waals surface area contributed by atoms with Crippen LogP contribution < -0.4 is 0 Å². The molecule has 0 aliphatic heterocycles. The van der Waals surface area contributed by atoms with E-state index in [1.54, 1.807) is 36.5 Å². The van der Waals surface area contributed by atoms with Crippen molar-refractivity contribution >= 4 is 38.0 Å². The van der Waals surface area contributed by atoms with Crippen LogP contribution in [0.2, 0.25) is 0 Å². The molecule has 1 N–H and O–H groups in total. The number of nitrogens with zero attached hydrogens (tertiary/aromatic N) is 3. The first-order chi connectivity index (χ1) is 16.4. The highest BCUT2D eigenvalue weighted by atomic mass is 32.2. The molecule has 10 heteroatoms. The van der Waals surface area contributed by atoms with Crippen LogP contribution >= 0.6 is 11.3 Å². The Bertz CT molecular complexity index is 1610. The monoisotopic (exact) mass is 492 g/mol. The number of hydrogen-bond acceptors (Lipinski definition) is 7. The number of aromatic amines is 1. The second-order valence-electron chi connectivity index (χ2n) is 7.60. The number of carbonyl (C=O) groups is 1. The number of Topliss-reactive ketones (excluding diaryl/α,β-unsaturated/α-hetero) is 1. The smallest absolute Gasteiger partial charge is 0.224 e. The molecule has 3 heterocycles. The summed E-state index contributed by atoms with van der Waals surface area (Å²) in [6.45, 7) is 0. The molecule has 0 saturated heterocycles. The Hall–Kier alpha value is -3.76. The average molecular weight is 493 g/mol. The molecule has 0 unspecified atom stereocenters. The van der Waals surface area contributed by atoms with Gasteiger partial charge in [0.05, 0.1) is 11.1 Å². The van der Waals surface area contributed by atoms with Gasteiger partial charge in [-0.15, -0.1) is 11.3 Å². The van der Waals surface area contributed by atoms with E-state index in [9.17, 15) is 17.6 Å². The summed E-state index contributed by atoms with van der Waals surface area (Å²) in [5, 5.41) is 9.21. The molecule has 0 saturated carbocycles. The number of sulfone groups is 1. The molecule has 3 aromatic heterocycles. The zero-order chi connectivity index (χ0) is 23.7. The maximum atomic E-state index is 13.5. The number of aryl methyl sites for hydroxylation is 1. The zero-order valence-corrected chi connectivity index (χ0v) is 19.2. The number of H-pyrrole nitrogens is 1. The summed E-state index contributed by atoms with van der Waals surface area (Å²) in [7, 11) is -3.82. The van der Waals surface area contributed by atoms with Crippen LogP contribution in [0.25, 0.3) is 21.6 Å². The standard InChI is InChI=1S/C24H17FN4O3S2/c25-19-3-1-2-16(11-19)24-28-22(14-33-24)34(31,32)20-7-4-15(5-8-20)6-9-21(30)17-10-18-13-27-29-23(18)26-12-17/h1-5,7-8,10-14H,6,9H2,(H,26,27,29). The lowest BCUT2D eigenvalue weighted by Crippen LogP contribution is -2.04. The lowest BCUT2D eigenvalue weighted by molar-refractivity contribution is 0.0982. The molecule has 0 aliphatic rings. The van der Waals surface area contributed by atoms with Gasteiger partial charge in [0.15, 0.2) is 16.5 Å². The molecule has 0 bridgehead atoms. The Morgan fingerprint density at radius 1 is 1.06 bits per heavy atom. The lowest BCUT2D eigenvalue weighted by Gasteiger charge is -2.05. The Morgan fingerprint density at radius 2 is 1.88 bits per heavy atom. The average Bonchev–Trinajstić information content (AvgIpc) is 3.52. The van der Waals surface area contributed by atoms with Gasteiger partial charge in [0.2, 0.25) is 9.84 Å². The molecule has 5 rings (SSSR count). The van der Waals surface area contributed by atoms with Crippen LogP contribution in [0.5, 0.6) is 0 Å². The summed E-state index contributed by atoms with van der Waals surface area (Å²) >= 11 is 1.14. The fraction of sp³-hybridized carbons (Fsp3) is 0.0833. The van der Waals surface area contributed by atoms with Gasteiger partial charge >= 0.3 is 0 Å². The van der Waals surface area contributed by atoms with Crippen LogP contribution in [0.4, 0.5) is 4.39 Å². The van der Waals surface area contributed by atoms with Gasteiger partial charge in [-0.25, -0.2) is 22.8 Å². The molecule has 0 amide bonds. The van der Waals surface area contributed by atoms with Crippen LogP contribution in [-0.4, -0.2) is 34.4 Å². The number of thiazole rings is 1. The first-order valence-electron chi connectivity index (χ1n) is 10.3. The molecule has 170 valence electrons. The van der Waals surface area contributed by atoms with Crippen LogP contribution in [0.1, 0.15) is 22.3 Å². The highest BCUT2D eigenvalue weighted by Gasteiger charge is 2.22. The SMILES string of the molecule is O=C(CCc1ccc(S(=O)(=O)c2csc(-c3cccc(F)c3)n2)cc1)c1cnc2[nH]ncc2c1. The number of carbonyl (C=O) groups excluding carboxylic acids is 1. The van der Waals surface area contributed by atoms with Gasteiger partial charge < -0.3 is 0 Å². The van der Waals surface area contributed by atoms with Crippen molar-refractivity contribution in [3.8, 4) is 10.6 Å². The largest absolute Gasteiger partial charge is 0.294 e. The summed E-state index contributed by atoms with van der Waals surface area (Å²) in [5.41, 5.74) is 2.49. The number of pyridine rings is 1. The van der Waals surface area contributed by atoms with E-state index in [0.717, 1.165) is 22.3 Å². The summed E-state index contributed by atoms with van der Waals surface area (Å²) in [6, 6.07) is 14.0. The van der Waals surface area contributed by atoms with Gasteiger partial charge in [-0.2, -0.15) is 5.10 Å². The molecule has 7 nitrogen and oxygen atoms in total. The highest BCUT2D eigenvalue weighted by molar-refractivity contribution is 7.91. The Kier molecular flexibility index (Phi) is 5.76. The first-order valence-corrected chi connectivity index (χ1v) is 12.6.